The molecule has 4 rings (SSSR count). The molecule has 0 unspecified atom stereocenters. The zero-order valence-corrected chi connectivity index (χ0v) is 17.1. The molecule has 0 radical (unpaired) electrons. The number of hydrogen-bond acceptors (Lipinski definition) is 4. The summed E-state index contributed by atoms with van der Waals surface area (Å²) in [6, 6.07) is 26.5. The van der Waals surface area contributed by atoms with Crippen molar-refractivity contribution in [1.82, 2.24) is 9.78 Å². The highest BCUT2D eigenvalue weighted by molar-refractivity contribution is 6.07. The van der Waals surface area contributed by atoms with Crippen LogP contribution >= 0.6 is 0 Å². The van der Waals surface area contributed by atoms with Gasteiger partial charge in [-0.3, -0.25) is 0 Å². The van der Waals surface area contributed by atoms with Gasteiger partial charge in [-0.05, 0) is 16.7 Å². The van der Waals surface area contributed by atoms with Gasteiger partial charge in [0.15, 0.2) is 11.4 Å². The van der Waals surface area contributed by atoms with E-state index < -0.39 is 40.4 Å². The molecule has 8 heteroatoms. The number of carboxylic acid groups (broad SMARTS) is 3. The molecule has 1 aromatic heterocycles. The second kappa shape index (κ2) is 8.43. The van der Waals surface area contributed by atoms with Crippen molar-refractivity contribution in [3.05, 3.63) is 125 Å². The third kappa shape index (κ3) is 3.43. The fourth-order valence-corrected chi connectivity index (χ4v) is 4.12. The van der Waals surface area contributed by atoms with Crippen LogP contribution in [0.5, 0.6) is 0 Å². The molecular weight excluding hydrogens is 424 g/mol. The van der Waals surface area contributed by atoms with Crippen molar-refractivity contribution in [1.29, 1.82) is 0 Å². The molecule has 0 aliphatic carbocycles. The van der Waals surface area contributed by atoms with E-state index in [1.54, 1.807) is 91.0 Å². The SMILES string of the molecule is O=C(O)c1nn(C(c2ccccc2)(c2ccccc2)c2ccccc2)c(C(=O)O)c1C(=O)O. The second-order valence-electron chi connectivity index (χ2n) is 7.21. The quantitative estimate of drug-likeness (QED) is 0.371. The molecule has 0 spiro atoms. The van der Waals surface area contributed by atoms with Crippen LogP contribution in [-0.2, 0) is 5.54 Å². The first-order valence-electron chi connectivity index (χ1n) is 9.89. The number of nitrogens with zero attached hydrogens (tertiary/aromatic N) is 2. The number of hydrogen-bond donors (Lipinski definition) is 3. The van der Waals surface area contributed by atoms with Crippen LogP contribution in [-0.4, -0.2) is 43.0 Å². The lowest BCUT2D eigenvalue weighted by Crippen LogP contribution is -2.40. The van der Waals surface area contributed by atoms with Crippen molar-refractivity contribution in [2.45, 2.75) is 5.54 Å². The molecular formula is C25H18N2O6. The normalized spacial score (nSPS) is 11.2. The summed E-state index contributed by atoms with van der Waals surface area (Å²) in [5, 5.41) is 33.6. The number of aromatic carboxylic acids is 3. The predicted molar refractivity (Wildman–Crippen MR) is 118 cm³/mol. The Kier molecular flexibility index (Phi) is 5.49. The monoisotopic (exact) mass is 442 g/mol. The Hall–Kier alpha value is -4.72. The maximum absolute atomic E-state index is 12.4. The average molecular weight is 442 g/mol. The lowest BCUT2D eigenvalue weighted by Gasteiger charge is -2.37. The molecule has 0 aliphatic rings. The highest BCUT2D eigenvalue weighted by Gasteiger charge is 2.45. The third-order valence-corrected chi connectivity index (χ3v) is 5.40. The summed E-state index contributed by atoms with van der Waals surface area (Å²) in [4.78, 5) is 36.3. The van der Waals surface area contributed by atoms with E-state index in [9.17, 15) is 29.7 Å². The molecule has 8 nitrogen and oxygen atoms in total. The van der Waals surface area contributed by atoms with Crippen molar-refractivity contribution in [3.63, 3.8) is 0 Å². The van der Waals surface area contributed by atoms with Gasteiger partial charge in [-0.15, -0.1) is 0 Å². The summed E-state index contributed by atoms with van der Waals surface area (Å²) in [5.74, 6) is -4.95. The Morgan fingerprint density at radius 3 is 1.30 bits per heavy atom. The second-order valence-corrected chi connectivity index (χ2v) is 7.21. The van der Waals surface area contributed by atoms with Crippen molar-refractivity contribution in [2.75, 3.05) is 0 Å². The summed E-state index contributed by atoms with van der Waals surface area (Å²) < 4.78 is 1.00. The minimum Gasteiger partial charge on any atom is -0.478 e. The first-order valence-corrected chi connectivity index (χ1v) is 9.89. The number of aromatic nitrogens is 2. The number of benzene rings is 3. The van der Waals surface area contributed by atoms with E-state index in [1.807, 2.05) is 0 Å². The first kappa shape index (κ1) is 21.5. The molecule has 0 saturated heterocycles. The van der Waals surface area contributed by atoms with Crippen LogP contribution in [0.3, 0.4) is 0 Å². The smallest absolute Gasteiger partial charge is 0.357 e. The molecule has 3 N–H and O–H groups in total. The van der Waals surface area contributed by atoms with E-state index in [4.69, 9.17) is 0 Å². The van der Waals surface area contributed by atoms with Crippen molar-refractivity contribution in [2.24, 2.45) is 0 Å². The van der Waals surface area contributed by atoms with E-state index in [0.717, 1.165) is 4.68 Å². The molecule has 0 bridgehead atoms. The fourth-order valence-electron chi connectivity index (χ4n) is 4.12. The molecule has 0 fully saturated rings. The lowest BCUT2D eigenvalue weighted by atomic mass is 9.77. The Labute approximate surface area is 188 Å². The number of carbonyl (C=O) groups is 3. The minimum absolute atomic E-state index is 0.571. The minimum atomic E-state index is -1.70. The lowest BCUT2D eigenvalue weighted by molar-refractivity contribution is 0.0631. The summed E-state index contributed by atoms with van der Waals surface area (Å²) in [7, 11) is 0. The molecule has 3 aromatic carbocycles. The highest BCUT2D eigenvalue weighted by atomic mass is 16.4. The number of carboxylic acids is 3. The maximum atomic E-state index is 12.4. The molecule has 164 valence electrons. The van der Waals surface area contributed by atoms with E-state index in [-0.39, 0.29) is 0 Å². The van der Waals surface area contributed by atoms with Crippen molar-refractivity contribution < 1.29 is 29.7 Å². The maximum Gasteiger partial charge on any atom is 0.357 e. The van der Waals surface area contributed by atoms with Crippen LogP contribution in [0.4, 0.5) is 0 Å². The van der Waals surface area contributed by atoms with Gasteiger partial charge in [-0.1, -0.05) is 91.0 Å². The largest absolute Gasteiger partial charge is 0.478 e. The van der Waals surface area contributed by atoms with Gasteiger partial charge in [0.2, 0.25) is 0 Å². The molecule has 0 aliphatic heterocycles. The van der Waals surface area contributed by atoms with Crippen LogP contribution in [0.2, 0.25) is 0 Å². The molecule has 33 heavy (non-hydrogen) atoms. The van der Waals surface area contributed by atoms with Crippen LogP contribution in [0.1, 0.15) is 48.0 Å². The van der Waals surface area contributed by atoms with Gasteiger partial charge in [-0.25, -0.2) is 19.1 Å². The standard InChI is InChI=1S/C25H18N2O6/c28-22(29)19-20(23(30)31)26-27(21(19)24(32)33)25(16-10-4-1-5-11-16,17-12-6-2-7-13-17)18-14-8-3-9-15-18/h1-15H,(H,28,29)(H,30,31)(H,32,33). The fraction of sp³-hybridized carbons (Fsp3) is 0.0400. The zero-order valence-electron chi connectivity index (χ0n) is 17.1. The van der Waals surface area contributed by atoms with Crippen molar-refractivity contribution >= 4 is 17.9 Å². The van der Waals surface area contributed by atoms with Gasteiger partial charge < -0.3 is 15.3 Å². The van der Waals surface area contributed by atoms with Gasteiger partial charge in [0, 0.05) is 0 Å². The Morgan fingerprint density at radius 2 is 1.00 bits per heavy atom. The molecule has 4 aromatic rings. The molecule has 0 amide bonds. The highest BCUT2D eigenvalue weighted by Crippen LogP contribution is 2.42. The number of rotatable bonds is 7. The Balaban J connectivity index is 2.28. The van der Waals surface area contributed by atoms with E-state index in [0.29, 0.717) is 16.7 Å². The van der Waals surface area contributed by atoms with Crippen LogP contribution in [0.15, 0.2) is 91.0 Å². The van der Waals surface area contributed by atoms with Gasteiger partial charge in [0.05, 0.1) is 0 Å². The third-order valence-electron chi connectivity index (χ3n) is 5.40. The zero-order chi connectivity index (χ0) is 23.6. The molecule has 0 saturated carbocycles. The van der Waals surface area contributed by atoms with Gasteiger partial charge in [0.1, 0.15) is 11.1 Å². The first-order chi connectivity index (χ1) is 15.9. The summed E-state index contributed by atoms with van der Waals surface area (Å²) >= 11 is 0. The molecule has 0 atom stereocenters. The molecule has 1 heterocycles. The van der Waals surface area contributed by atoms with E-state index in [1.165, 1.54) is 0 Å². The summed E-state index contributed by atoms with van der Waals surface area (Å²) in [5.41, 5.74) is -2.25. The van der Waals surface area contributed by atoms with E-state index >= 15 is 0 Å². The summed E-state index contributed by atoms with van der Waals surface area (Å²) in [6.07, 6.45) is 0. The van der Waals surface area contributed by atoms with Gasteiger partial charge in [0.25, 0.3) is 0 Å². The van der Waals surface area contributed by atoms with Crippen LogP contribution < -0.4 is 0 Å². The topological polar surface area (TPSA) is 130 Å². The van der Waals surface area contributed by atoms with Crippen molar-refractivity contribution in [3.8, 4) is 0 Å². The predicted octanol–water partition coefficient (Wildman–Crippen LogP) is 3.82. The Bertz CT molecular complexity index is 1230. The van der Waals surface area contributed by atoms with Gasteiger partial charge in [-0.2, -0.15) is 5.10 Å². The van der Waals surface area contributed by atoms with Crippen LogP contribution in [0.25, 0.3) is 0 Å². The van der Waals surface area contributed by atoms with E-state index in [2.05, 4.69) is 5.10 Å². The summed E-state index contributed by atoms with van der Waals surface area (Å²) in [6.45, 7) is 0. The van der Waals surface area contributed by atoms with Gasteiger partial charge >= 0.3 is 17.9 Å². The van der Waals surface area contributed by atoms with Crippen LogP contribution in [0, 0.1) is 0 Å². The average Bonchev–Trinajstić information content (AvgIpc) is 3.24. The Morgan fingerprint density at radius 1 is 0.606 bits per heavy atom.